The van der Waals surface area contributed by atoms with Gasteiger partial charge in [0.1, 0.15) is 17.0 Å². The fourth-order valence-electron chi connectivity index (χ4n) is 4.05. The second-order valence-electron chi connectivity index (χ2n) is 8.29. The number of alkyl halides is 2. The number of ketones is 1. The van der Waals surface area contributed by atoms with E-state index in [1.807, 2.05) is 0 Å². The van der Waals surface area contributed by atoms with E-state index in [0.29, 0.717) is 11.3 Å². The number of halogens is 2. The van der Waals surface area contributed by atoms with Crippen molar-refractivity contribution in [3.8, 4) is 5.75 Å². The molecule has 2 N–H and O–H groups in total. The standard InChI is InChI=1S/C22H20F2N4O3/c1-20(2)11-21(22(23,24)12-30-19(25)28-21)15-8-13(4-7-18(15)31-20)9-17(29)16-6-5-14(26-3)10-27-16/h4-8,10H,9,11-12H2,1-2H3,(H2,25,28)/t21-/m1/s1. The molecule has 1 atom stereocenters. The lowest BCUT2D eigenvalue weighted by molar-refractivity contribution is -0.148. The van der Waals surface area contributed by atoms with Gasteiger partial charge in [0.15, 0.2) is 17.9 Å². The van der Waals surface area contributed by atoms with Crippen LogP contribution in [0.4, 0.5) is 14.5 Å². The van der Waals surface area contributed by atoms with E-state index in [9.17, 15) is 4.79 Å². The number of nitrogens with two attached hydrogens (primary N) is 1. The first-order valence-electron chi connectivity index (χ1n) is 9.60. The van der Waals surface area contributed by atoms with Crippen LogP contribution < -0.4 is 10.5 Å². The quantitative estimate of drug-likeness (QED) is 0.596. The van der Waals surface area contributed by atoms with Crippen molar-refractivity contribution >= 4 is 17.5 Å². The van der Waals surface area contributed by atoms with Crippen molar-refractivity contribution in [2.24, 2.45) is 10.7 Å². The van der Waals surface area contributed by atoms with Gasteiger partial charge in [-0.05, 0) is 37.6 Å². The summed E-state index contributed by atoms with van der Waals surface area (Å²) in [5.41, 5.74) is 4.02. The van der Waals surface area contributed by atoms with E-state index in [4.69, 9.17) is 21.8 Å². The highest BCUT2D eigenvalue weighted by Gasteiger charge is 2.63. The van der Waals surface area contributed by atoms with Crippen LogP contribution in [0.5, 0.6) is 5.75 Å². The fraction of sp³-hybridized carbons (Fsp3) is 0.364. The summed E-state index contributed by atoms with van der Waals surface area (Å²) in [6.45, 7) is 9.49. The lowest BCUT2D eigenvalue weighted by Crippen LogP contribution is -2.58. The van der Waals surface area contributed by atoms with Crippen LogP contribution in [0.1, 0.15) is 41.9 Å². The van der Waals surface area contributed by atoms with Gasteiger partial charge in [0.25, 0.3) is 6.02 Å². The maximum Gasteiger partial charge on any atom is 0.310 e. The number of nitrogens with zero attached hydrogens (tertiary/aromatic N) is 3. The molecule has 0 fully saturated rings. The number of pyridine rings is 1. The third-order valence-corrected chi connectivity index (χ3v) is 5.39. The van der Waals surface area contributed by atoms with E-state index >= 15 is 8.78 Å². The topological polar surface area (TPSA) is 91.2 Å². The third-order valence-electron chi connectivity index (χ3n) is 5.39. The molecule has 3 heterocycles. The Morgan fingerprint density at radius 1 is 1.29 bits per heavy atom. The molecule has 0 bridgehead atoms. The van der Waals surface area contributed by atoms with Crippen molar-refractivity contribution in [3.63, 3.8) is 0 Å². The van der Waals surface area contributed by atoms with Crippen LogP contribution in [0, 0.1) is 6.57 Å². The van der Waals surface area contributed by atoms with Crippen LogP contribution in [0.15, 0.2) is 41.5 Å². The Morgan fingerprint density at radius 3 is 2.74 bits per heavy atom. The molecule has 9 heteroatoms. The maximum atomic E-state index is 15.2. The van der Waals surface area contributed by atoms with Crippen molar-refractivity contribution in [2.45, 2.75) is 43.8 Å². The number of Topliss-reactive ketones (excluding diaryl/α,β-unsaturated/α-hetero) is 1. The fourth-order valence-corrected chi connectivity index (χ4v) is 4.05. The summed E-state index contributed by atoms with van der Waals surface area (Å²) in [6.07, 6.45) is 1.15. The number of rotatable bonds is 3. The zero-order chi connectivity index (χ0) is 22.4. The summed E-state index contributed by atoms with van der Waals surface area (Å²) in [6, 6.07) is 7.42. The molecule has 2 aliphatic heterocycles. The van der Waals surface area contributed by atoms with E-state index in [1.165, 1.54) is 24.4 Å². The Hall–Kier alpha value is -3.54. The van der Waals surface area contributed by atoms with Crippen LogP contribution in [-0.4, -0.2) is 34.9 Å². The molecule has 0 amide bonds. The number of hydrogen-bond acceptors (Lipinski definition) is 6. The highest BCUT2D eigenvalue weighted by molar-refractivity contribution is 5.96. The molecule has 1 aromatic heterocycles. The van der Waals surface area contributed by atoms with Gasteiger partial charge in [-0.1, -0.05) is 12.1 Å². The van der Waals surface area contributed by atoms with Crippen molar-refractivity contribution in [1.29, 1.82) is 0 Å². The Morgan fingerprint density at radius 2 is 2.06 bits per heavy atom. The molecule has 7 nitrogen and oxygen atoms in total. The number of hydrogen-bond donors (Lipinski definition) is 1. The normalized spacial score (nSPS) is 23.0. The molecule has 1 spiro atoms. The molecule has 0 unspecified atom stereocenters. The number of carbonyl (C=O) groups is 1. The number of aromatic nitrogens is 1. The largest absolute Gasteiger partial charge is 0.487 e. The molecule has 2 aromatic rings. The molecule has 0 saturated carbocycles. The second-order valence-corrected chi connectivity index (χ2v) is 8.29. The summed E-state index contributed by atoms with van der Waals surface area (Å²) in [5.74, 6) is -3.36. The summed E-state index contributed by atoms with van der Waals surface area (Å²) in [5, 5.41) is 0. The first-order valence-corrected chi connectivity index (χ1v) is 9.60. The van der Waals surface area contributed by atoms with Gasteiger partial charge in [-0.3, -0.25) is 9.78 Å². The summed E-state index contributed by atoms with van der Waals surface area (Å²) < 4.78 is 41.2. The molecule has 0 aliphatic carbocycles. The average molecular weight is 426 g/mol. The molecule has 2 aliphatic rings. The van der Waals surface area contributed by atoms with Crippen LogP contribution in [0.3, 0.4) is 0 Å². The van der Waals surface area contributed by atoms with Crippen LogP contribution in [-0.2, 0) is 16.7 Å². The van der Waals surface area contributed by atoms with Gasteiger partial charge in [0, 0.05) is 24.6 Å². The minimum Gasteiger partial charge on any atom is -0.487 e. The van der Waals surface area contributed by atoms with E-state index < -0.39 is 23.7 Å². The van der Waals surface area contributed by atoms with Gasteiger partial charge < -0.3 is 15.2 Å². The maximum absolute atomic E-state index is 15.2. The monoisotopic (exact) mass is 426 g/mol. The minimum absolute atomic E-state index is 0.0572. The smallest absolute Gasteiger partial charge is 0.310 e. The number of fused-ring (bicyclic) bond motifs is 2. The average Bonchev–Trinajstić information content (AvgIpc) is 2.71. The first kappa shape index (κ1) is 20.7. The Bertz CT molecular complexity index is 1120. The predicted octanol–water partition coefficient (Wildman–Crippen LogP) is 3.79. The molecule has 0 radical (unpaired) electrons. The van der Waals surface area contributed by atoms with Gasteiger partial charge in [-0.2, -0.15) is 8.78 Å². The van der Waals surface area contributed by atoms with E-state index in [-0.39, 0.29) is 41.7 Å². The van der Waals surface area contributed by atoms with E-state index in [1.54, 1.807) is 26.0 Å². The van der Waals surface area contributed by atoms with Crippen molar-refractivity contribution < 1.29 is 23.0 Å². The highest BCUT2D eigenvalue weighted by Crippen LogP contribution is 2.55. The molecular weight excluding hydrogens is 406 g/mol. The van der Waals surface area contributed by atoms with Crippen LogP contribution in [0.25, 0.3) is 4.85 Å². The number of carbonyl (C=O) groups excluding carboxylic acids is 1. The van der Waals surface area contributed by atoms with Gasteiger partial charge in [0.05, 0.1) is 6.57 Å². The van der Waals surface area contributed by atoms with E-state index in [0.717, 1.165) is 0 Å². The Labute approximate surface area is 177 Å². The number of ether oxygens (including phenoxy) is 2. The predicted molar refractivity (Wildman–Crippen MR) is 108 cm³/mol. The van der Waals surface area contributed by atoms with Crippen molar-refractivity contribution in [2.75, 3.05) is 6.61 Å². The van der Waals surface area contributed by atoms with Crippen molar-refractivity contribution in [3.05, 3.63) is 64.8 Å². The molecule has 160 valence electrons. The van der Waals surface area contributed by atoms with Crippen LogP contribution in [0.2, 0.25) is 0 Å². The summed E-state index contributed by atoms with van der Waals surface area (Å²) >= 11 is 0. The van der Waals surface area contributed by atoms with Crippen molar-refractivity contribution in [1.82, 2.24) is 4.98 Å². The Balaban J connectivity index is 1.75. The minimum atomic E-state index is -3.33. The second kappa shape index (κ2) is 7.01. The lowest BCUT2D eigenvalue weighted by Gasteiger charge is -2.48. The van der Waals surface area contributed by atoms with Gasteiger partial charge in [-0.25, -0.2) is 9.84 Å². The van der Waals surface area contributed by atoms with E-state index in [2.05, 4.69) is 14.8 Å². The van der Waals surface area contributed by atoms with Gasteiger partial charge in [-0.15, -0.1) is 0 Å². The highest BCUT2D eigenvalue weighted by atomic mass is 19.3. The zero-order valence-corrected chi connectivity index (χ0v) is 17.0. The SMILES string of the molecule is [C-]#[N+]c1ccc(C(=O)Cc2ccc3c(c2)[C@@]2(CC(C)(C)O3)N=C(N)OCC2(F)F)nc1. The Kier molecular flexibility index (Phi) is 4.69. The van der Waals surface area contributed by atoms with Gasteiger partial charge in [0.2, 0.25) is 5.69 Å². The third kappa shape index (κ3) is 3.58. The summed E-state index contributed by atoms with van der Waals surface area (Å²) in [4.78, 5) is 24.0. The summed E-state index contributed by atoms with van der Waals surface area (Å²) in [7, 11) is 0. The lowest BCUT2D eigenvalue weighted by atomic mass is 9.73. The molecule has 31 heavy (non-hydrogen) atoms. The van der Waals surface area contributed by atoms with Gasteiger partial charge >= 0.3 is 5.92 Å². The zero-order valence-electron chi connectivity index (χ0n) is 17.0. The number of aliphatic imine (C=N–C) groups is 1. The molecule has 0 saturated heterocycles. The van der Waals surface area contributed by atoms with Crippen LogP contribution >= 0.6 is 0 Å². The molecule has 1 aromatic carbocycles. The molecule has 4 rings (SSSR count). The molecular formula is C22H20F2N4O3. The number of benzene rings is 1. The number of amidine groups is 1. The first-order chi connectivity index (χ1) is 14.6.